The number of piperidine rings is 1. The molecule has 1 fully saturated rings. The lowest BCUT2D eigenvalue weighted by Crippen LogP contribution is -2.46. The van der Waals surface area contributed by atoms with Crippen LogP contribution < -0.4 is 15.0 Å². The Kier molecular flexibility index (Phi) is 7.93. The number of rotatable bonds is 7. The topological polar surface area (TPSA) is 61.9 Å². The van der Waals surface area contributed by atoms with E-state index >= 15 is 0 Å². The number of hydrogen-bond donors (Lipinski definition) is 1. The molecule has 1 saturated heterocycles. The minimum absolute atomic E-state index is 0.0149. The van der Waals surface area contributed by atoms with E-state index in [-0.39, 0.29) is 24.5 Å². The first-order chi connectivity index (χ1) is 16.9. The molecule has 182 valence electrons. The van der Waals surface area contributed by atoms with Crippen molar-refractivity contribution < 1.29 is 14.3 Å². The van der Waals surface area contributed by atoms with Gasteiger partial charge in [0.15, 0.2) is 0 Å². The van der Waals surface area contributed by atoms with Crippen LogP contribution in [0.5, 0.6) is 5.75 Å². The van der Waals surface area contributed by atoms with Crippen molar-refractivity contribution in [2.24, 2.45) is 0 Å². The molecule has 35 heavy (non-hydrogen) atoms. The van der Waals surface area contributed by atoms with Gasteiger partial charge in [0, 0.05) is 56.8 Å². The zero-order chi connectivity index (χ0) is 24.8. The lowest BCUT2D eigenvalue weighted by molar-refractivity contribution is -0.131. The van der Waals surface area contributed by atoms with E-state index in [1.165, 1.54) is 0 Å². The summed E-state index contributed by atoms with van der Waals surface area (Å²) in [6.07, 6.45) is 1.46. The van der Waals surface area contributed by atoms with Crippen LogP contribution in [0.2, 0.25) is 5.02 Å². The number of nitrogens with one attached hydrogen (secondary N) is 1. The molecule has 0 aromatic heterocycles. The van der Waals surface area contributed by atoms with Crippen LogP contribution in [0.4, 0.5) is 5.69 Å². The maximum absolute atomic E-state index is 12.8. The number of carbonyl (C=O) groups excluding carboxylic acids is 2. The summed E-state index contributed by atoms with van der Waals surface area (Å²) >= 11 is 6.18. The minimum Gasteiger partial charge on any atom is -0.489 e. The first-order valence-corrected chi connectivity index (χ1v) is 12.1. The van der Waals surface area contributed by atoms with E-state index in [4.69, 9.17) is 16.3 Å². The molecule has 0 atom stereocenters. The summed E-state index contributed by atoms with van der Waals surface area (Å²) in [5, 5.41) is 3.37. The normalized spacial score (nSPS) is 13.9. The average Bonchev–Trinajstić information content (AvgIpc) is 2.89. The highest BCUT2D eigenvalue weighted by atomic mass is 35.5. The van der Waals surface area contributed by atoms with Crippen molar-refractivity contribution in [2.75, 3.05) is 38.6 Å². The van der Waals surface area contributed by atoms with Gasteiger partial charge in [-0.2, -0.15) is 0 Å². The second-order valence-electron chi connectivity index (χ2n) is 8.80. The monoisotopic (exact) mass is 491 g/mol. The number of benzene rings is 3. The van der Waals surface area contributed by atoms with Crippen LogP contribution in [-0.2, 0) is 4.79 Å². The molecule has 0 saturated carbocycles. The van der Waals surface area contributed by atoms with Gasteiger partial charge in [0.1, 0.15) is 11.9 Å². The van der Waals surface area contributed by atoms with Gasteiger partial charge in [-0.3, -0.25) is 9.59 Å². The van der Waals surface area contributed by atoms with Crippen molar-refractivity contribution in [1.82, 2.24) is 10.2 Å². The summed E-state index contributed by atoms with van der Waals surface area (Å²) in [5.41, 5.74) is 3.59. The van der Waals surface area contributed by atoms with E-state index in [2.05, 4.69) is 5.32 Å². The SMILES string of the molecule is CN(C)c1cc(C(=O)NCC(=O)N2CCC(Oc3ccccc3Cl)CC2)ccc1-c1ccccc1. The third kappa shape index (κ3) is 6.14. The Morgan fingerprint density at radius 3 is 2.37 bits per heavy atom. The molecular weight excluding hydrogens is 462 g/mol. The molecular formula is C28H30ClN3O3. The Bertz CT molecular complexity index is 1180. The predicted molar refractivity (Wildman–Crippen MR) is 140 cm³/mol. The number of nitrogens with zero attached hydrogens (tertiary/aromatic N) is 2. The van der Waals surface area contributed by atoms with E-state index in [9.17, 15) is 9.59 Å². The summed E-state index contributed by atoms with van der Waals surface area (Å²) in [6.45, 7) is 1.13. The number of para-hydroxylation sites is 1. The molecule has 6 nitrogen and oxygen atoms in total. The molecule has 0 spiro atoms. The van der Waals surface area contributed by atoms with Gasteiger partial charge in [-0.1, -0.05) is 60.1 Å². The number of carbonyl (C=O) groups is 2. The Morgan fingerprint density at radius 2 is 1.69 bits per heavy atom. The fourth-order valence-electron chi connectivity index (χ4n) is 4.22. The fourth-order valence-corrected chi connectivity index (χ4v) is 4.40. The first kappa shape index (κ1) is 24.6. The Hall–Kier alpha value is -3.51. The second-order valence-corrected chi connectivity index (χ2v) is 9.21. The van der Waals surface area contributed by atoms with Gasteiger partial charge < -0.3 is 19.9 Å². The zero-order valence-electron chi connectivity index (χ0n) is 20.0. The lowest BCUT2D eigenvalue weighted by atomic mass is 10.0. The molecule has 0 radical (unpaired) electrons. The molecule has 1 heterocycles. The van der Waals surface area contributed by atoms with E-state index in [0.29, 0.717) is 29.4 Å². The molecule has 0 aliphatic carbocycles. The Labute approximate surface area is 211 Å². The summed E-state index contributed by atoms with van der Waals surface area (Å²) < 4.78 is 6.00. The maximum Gasteiger partial charge on any atom is 0.251 e. The highest BCUT2D eigenvalue weighted by Crippen LogP contribution is 2.31. The molecule has 3 aromatic carbocycles. The Morgan fingerprint density at radius 1 is 1.00 bits per heavy atom. The average molecular weight is 492 g/mol. The second kappa shape index (κ2) is 11.3. The summed E-state index contributed by atoms with van der Waals surface area (Å²) in [4.78, 5) is 29.3. The van der Waals surface area contributed by atoms with Gasteiger partial charge in [0.25, 0.3) is 5.91 Å². The fraction of sp³-hybridized carbons (Fsp3) is 0.286. The zero-order valence-corrected chi connectivity index (χ0v) is 20.8. The first-order valence-electron chi connectivity index (χ1n) is 11.8. The largest absolute Gasteiger partial charge is 0.489 e. The molecule has 1 N–H and O–H groups in total. The van der Waals surface area contributed by atoms with E-state index < -0.39 is 0 Å². The number of amides is 2. The van der Waals surface area contributed by atoms with Crippen LogP contribution in [0, 0.1) is 0 Å². The smallest absolute Gasteiger partial charge is 0.251 e. The van der Waals surface area contributed by atoms with Crippen molar-refractivity contribution in [1.29, 1.82) is 0 Å². The number of hydrogen-bond acceptors (Lipinski definition) is 4. The third-order valence-electron chi connectivity index (χ3n) is 6.15. The molecule has 7 heteroatoms. The molecule has 0 bridgehead atoms. The van der Waals surface area contributed by atoms with Gasteiger partial charge in [0.2, 0.25) is 5.91 Å². The summed E-state index contributed by atoms with van der Waals surface area (Å²) in [6, 6.07) is 23.1. The maximum atomic E-state index is 12.8. The van der Waals surface area contributed by atoms with E-state index in [0.717, 1.165) is 29.7 Å². The van der Waals surface area contributed by atoms with E-state index in [1.807, 2.05) is 79.7 Å². The number of ether oxygens (including phenoxy) is 1. The highest BCUT2D eigenvalue weighted by molar-refractivity contribution is 6.32. The van der Waals surface area contributed by atoms with Crippen molar-refractivity contribution >= 4 is 29.1 Å². The van der Waals surface area contributed by atoms with Crippen LogP contribution in [-0.4, -0.2) is 56.5 Å². The number of likely N-dealkylation sites (tertiary alicyclic amines) is 1. The molecule has 4 rings (SSSR count). The molecule has 1 aliphatic rings. The quantitative estimate of drug-likeness (QED) is 0.512. The van der Waals surface area contributed by atoms with Gasteiger partial charge in [-0.05, 0) is 29.8 Å². The predicted octanol–water partition coefficient (Wildman–Crippen LogP) is 4.87. The third-order valence-corrected chi connectivity index (χ3v) is 6.46. The van der Waals surface area contributed by atoms with Crippen molar-refractivity contribution in [2.45, 2.75) is 18.9 Å². The molecule has 1 aliphatic heterocycles. The number of anilines is 1. The standard InChI is InChI=1S/C28H30ClN3O3/c1-31(2)25-18-21(12-13-23(25)20-8-4-3-5-9-20)28(34)30-19-27(33)32-16-14-22(15-17-32)35-26-11-7-6-10-24(26)29/h3-13,18,22H,14-17,19H2,1-2H3,(H,30,34). The summed E-state index contributed by atoms with van der Waals surface area (Å²) in [7, 11) is 3.90. The van der Waals surface area contributed by atoms with Crippen LogP contribution >= 0.6 is 11.6 Å². The van der Waals surface area contributed by atoms with Crippen LogP contribution in [0.3, 0.4) is 0 Å². The molecule has 3 aromatic rings. The highest BCUT2D eigenvalue weighted by Gasteiger charge is 2.24. The lowest BCUT2D eigenvalue weighted by Gasteiger charge is -2.32. The number of halogens is 1. The van der Waals surface area contributed by atoms with Gasteiger partial charge >= 0.3 is 0 Å². The molecule has 0 unspecified atom stereocenters. The molecule has 2 amide bonds. The van der Waals surface area contributed by atoms with Gasteiger partial charge in [0.05, 0.1) is 11.6 Å². The van der Waals surface area contributed by atoms with Crippen molar-refractivity contribution in [3.05, 3.63) is 83.4 Å². The van der Waals surface area contributed by atoms with Gasteiger partial charge in [-0.15, -0.1) is 0 Å². The van der Waals surface area contributed by atoms with E-state index in [1.54, 1.807) is 17.0 Å². The summed E-state index contributed by atoms with van der Waals surface area (Å²) in [5.74, 6) is 0.308. The van der Waals surface area contributed by atoms with Crippen molar-refractivity contribution in [3.8, 4) is 16.9 Å². The van der Waals surface area contributed by atoms with Crippen LogP contribution in [0.25, 0.3) is 11.1 Å². The van der Waals surface area contributed by atoms with Crippen LogP contribution in [0.1, 0.15) is 23.2 Å². The minimum atomic E-state index is -0.266. The van der Waals surface area contributed by atoms with Gasteiger partial charge in [-0.25, -0.2) is 0 Å². The van der Waals surface area contributed by atoms with Crippen molar-refractivity contribution in [3.63, 3.8) is 0 Å². The van der Waals surface area contributed by atoms with Crippen LogP contribution in [0.15, 0.2) is 72.8 Å². The Balaban J connectivity index is 1.31.